The first-order valence-corrected chi connectivity index (χ1v) is 8.77. The van der Waals surface area contributed by atoms with Crippen molar-refractivity contribution in [3.05, 3.63) is 80.8 Å². The van der Waals surface area contributed by atoms with Gasteiger partial charge in [0.25, 0.3) is 0 Å². The summed E-state index contributed by atoms with van der Waals surface area (Å²) in [5, 5.41) is 5.44. The average Bonchev–Trinajstić information content (AvgIpc) is 2.89. The van der Waals surface area contributed by atoms with E-state index < -0.39 is 5.97 Å². The number of rotatable bonds is 5. The molecule has 0 unspecified atom stereocenters. The molecule has 0 spiro atoms. The van der Waals surface area contributed by atoms with Crippen LogP contribution in [-0.2, 0) is 17.9 Å². The SMILES string of the molecule is Cc1nn(Cc2ccccc2Cl)c(C)c1C(=O)OCc1cccnc1Cl. The highest BCUT2D eigenvalue weighted by molar-refractivity contribution is 6.31. The first-order chi connectivity index (χ1) is 12.5. The summed E-state index contributed by atoms with van der Waals surface area (Å²) in [5.74, 6) is -0.440. The van der Waals surface area contributed by atoms with E-state index in [4.69, 9.17) is 27.9 Å². The fraction of sp³-hybridized carbons (Fsp3) is 0.211. The third-order valence-corrected chi connectivity index (χ3v) is 4.77. The molecule has 26 heavy (non-hydrogen) atoms. The number of esters is 1. The van der Waals surface area contributed by atoms with E-state index >= 15 is 0 Å². The van der Waals surface area contributed by atoms with Gasteiger partial charge in [0.2, 0.25) is 0 Å². The number of hydrogen-bond donors (Lipinski definition) is 0. The number of hydrogen-bond acceptors (Lipinski definition) is 4. The van der Waals surface area contributed by atoms with E-state index in [2.05, 4.69) is 10.1 Å². The molecule has 5 nitrogen and oxygen atoms in total. The van der Waals surface area contributed by atoms with Gasteiger partial charge >= 0.3 is 5.97 Å². The maximum atomic E-state index is 12.5. The summed E-state index contributed by atoms with van der Waals surface area (Å²) in [6, 6.07) is 11.1. The molecule has 0 bridgehead atoms. The van der Waals surface area contributed by atoms with E-state index in [1.54, 1.807) is 29.9 Å². The van der Waals surface area contributed by atoms with Crippen molar-refractivity contribution in [3.8, 4) is 0 Å². The number of ether oxygens (including phenoxy) is 1. The van der Waals surface area contributed by atoms with E-state index in [-0.39, 0.29) is 6.61 Å². The molecule has 0 aliphatic heterocycles. The molecule has 1 aromatic carbocycles. The van der Waals surface area contributed by atoms with Crippen molar-refractivity contribution >= 4 is 29.2 Å². The molecule has 0 saturated carbocycles. The summed E-state index contributed by atoms with van der Waals surface area (Å²) in [7, 11) is 0. The van der Waals surface area contributed by atoms with Gasteiger partial charge in [0.05, 0.1) is 17.9 Å². The average molecular weight is 390 g/mol. The predicted octanol–water partition coefficient (Wildman–Crippen LogP) is 4.61. The van der Waals surface area contributed by atoms with Crippen molar-refractivity contribution < 1.29 is 9.53 Å². The van der Waals surface area contributed by atoms with Gasteiger partial charge in [-0.2, -0.15) is 5.10 Å². The Morgan fingerprint density at radius 3 is 2.58 bits per heavy atom. The highest BCUT2D eigenvalue weighted by Crippen LogP contribution is 2.21. The molecule has 0 N–H and O–H groups in total. The van der Waals surface area contributed by atoms with Crippen LogP contribution in [-0.4, -0.2) is 20.7 Å². The number of carbonyl (C=O) groups excluding carboxylic acids is 1. The molecule has 2 aromatic heterocycles. The van der Waals surface area contributed by atoms with Gasteiger partial charge in [-0.1, -0.05) is 47.5 Å². The van der Waals surface area contributed by atoms with Crippen LogP contribution in [0.3, 0.4) is 0 Å². The van der Waals surface area contributed by atoms with Crippen molar-refractivity contribution in [2.75, 3.05) is 0 Å². The first kappa shape index (κ1) is 18.4. The second-order valence-corrected chi connectivity index (χ2v) is 6.59. The predicted molar refractivity (Wildman–Crippen MR) is 101 cm³/mol. The quantitative estimate of drug-likeness (QED) is 0.472. The van der Waals surface area contributed by atoms with Gasteiger partial charge in [-0.3, -0.25) is 4.68 Å². The summed E-state index contributed by atoms with van der Waals surface area (Å²) in [6.07, 6.45) is 1.58. The zero-order valence-corrected chi connectivity index (χ0v) is 15.9. The molecule has 0 aliphatic rings. The summed E-state index contributed by atoms with van der Waals surface area (Å²) in [4.78, 5) is 16.5. The molecule has 0 saturated heterocycles. The molecule has 7 heteroatoms. The fourth-order valence-corrected chi connectivity index (χ4v) is 3.05. The Labute approximate surface area is 161 Å². The van der Waals surface area contributed by atoms with Crippen LogP contribution in [0.15, 0.2) is 42.6 Å². The lowest BCUT2D eigenvalue weighted by atomic mass is 10.2. The van der Waals surface area contributed by atoms with Crippen LogP contribution >= 0.6 is 23.2 Å². The molecule has 0 fully saturated rings. The first-order valence-electron chi connectivity index (χ1n) is 8.01. The number of aromatic nitrogens is 3. The number of pyridine rings is 1. The topological polar surface area (TPSA) is 57.0 Å². The van der Waals surface area contributed by atoms with Gasteiger partial charge < -0.3 is 4.74 Å². The minimum Gasteiger partial charge on any atom is -0.457 e. The Morgan fingerprint density at radius 1 is 1.12 bits per heavy atom. The summed E-state index contributed by atoms with van der Waals surface area (Å²) < 4.78 is 7.16. The maximum absolute atomic E-state index is 12.5. The third-order valence-electron chi connectivity index (χ3n) is 4.06. The van der Waals surface area contributed by atoms with E-state index in [9.17, 15) is 4.79 Å². The lowest BCUT2D eigenvalue weighted by Gasteiger charge is -2.08. The van der Waals surface area contributed by atoms with Gasteiger partial charge in [0, 0.05) is 16.8 Å². The largest absolute Gasteiger partial charge is 0.457 e. The Morgan fingerprint density at radius 2 is 1.85 bits per heavy atom. The van der Waals surface area contributed by atoms with Crippen molar-refractivity contribution in [2.24, 2.45) is 0 Å². The molecule has 0 aliphatic carbocycles. The van der Waals surface area contributed by atoms with Crippen molar-refractivity contribution in [1.29, 1.82) is 0 Å². The van der Waals surface area contributed by atoms with Crippen LogP contribution in [0.4, 0.5) is 0 Å². The maximum Gasteiger partial charge on any atom is 0.342 e. The van der Waals surface area contributed by atoms with Crippen LogP contribution in [0.25, 0.3) is 0 Å². The Balaban J connectivity index is 1.78. The highest BCUT2D eigenvalue weighted by Gasteiger charge is 2.21. The lowest BCUT2D eigenvalue weighted by molar-refractivity contribution is 0.0470. The van der Waals surface area contributed by atoms with Crippen molar-refractivity contribution in [2.45, 2.75) is 27.0 Å². The van der Waals surface area contributed by atoms with E-state index in [0.29, 0.717) is 33.5 Å². The van der Waals surface area contributed by atoms with E-state index in [1.165, 1.54) is 0 Å². The van der Waals surface area contributed by atoms with Crippen LogP contribution in [0.5, 0.6) is 0 Å². The smallest absolute Gasteiger partial charge is 0.342 e. The summed E-state index contributed by atoms with van der Waals surface area (Å²) in [6.45, 7) is 4.16. The highest BCUT2D eigenvalue weighted by atomic mass is 35.5. The minimum absolute atomic E-state index is 0.0556. The normalized spacial score (nSPS) is 10.8. The molecular weight excluding hydrogens is 373 g/mol. The van der Waals surface area contributed by atoms with Gasteiger partial charge in [0.1, 0.15) is 17.3 Å². The zero-order valence-electron chi connectivity index (χ0n) is 14.4. The number of halogens is 2. The zero-order chi connectivity index (χ0) is 18.7. The Bertz CT molecular complexity index is 954. The van der Waals surface area contributed by atoms with E-state index in [1.807, 2.05) is 31.2 Å². The fourth-order valence-electron chi connectivity index (χ4n) is 2.68. The molecular formula is C19H17Cl2N3O2. The number of nitrogens with zero attached hydrogens (tertiary/aromatic N) is 3. The molecule has 2 heterocycles. The number of benzene rings is 1. The van der Waals surface area contributed by atoms with Crippen LogP contribution in [0.2, 0.25) is 10.2 Å². The second kappa shape index (κ2) is 7.89. The standard InChI is InChI=1S/C19H17Cl2N3O2/c1-12-17(19(25)26-11-15-7-5-9-22-18(15)21)13(2)24(23-12)10-14-6-3-4-8-16(14)20/h3-9H,10-11H2,1-2H3. The molecule has 3 aromatic rings. The molecule has 3 rings (SSSR count). The van der Waals surface area contributed by atoms with Crippen molar-refractivity contribution in [1.82, 2.24) is 14.8 Å². The van der Waals surface area contributed by atoms with Gasteiger partial charge in [-0.25, -0.2) is 9.78 Å². The number of aryl methyl sites for hydroxylation is 1. The lowest BCUT2D eigenvalue weighted by Crippen LogP contribution is -2.09. The molecule has 134 valence electrons. The Hall–Kier alpha value is -2.37. The van der Waals surface area contributed by atoms with Crippen LogP contribution < -0.4 is 0 Å². The minimum atomic E-state index is -0.440. The summed E-state index contributed by atoms with van der Waals surface area (Å²) >= 11 is 12.2. The van der Waals surface area contributed by atoms with Crippen LogP contribution in [0, 0.1) is 13.8 Å². The van der Waals surface area contributed by atoms with Gasteiger partial charge in [-0.05, 0) is 31.5 Å². The van der Waals surface area contributed by atoms with Gasteiger partial charge in [-0.15, -0.1) is 0 Å². The van der Waals surface area contributed by atoms with Crippen LogP contribution in [0.1, 0.15) is 32.9 Å². The van der Waals surface area contributed by atoms with Gasteiger partial charge in [0.15, 0.2) is 0 Å². The molecule has 0 radical (unpaired) electrons. The van der Waals surface area contributed by atoms with Crippen molar-refractivity contribution in [3.63, 3.8) is 0 Å². The number of carbonyl (C=O) groups is 1. The Kier molecular flexibility index (Phi) is 5.59. The van der Waals surface area contributed by atoms with E-state index in [0.717, 1.165) is 11.3 Å². The third kappa shape index (κ3) is 3.89. The summed E-state index contributed by atoms with van der Waals surface area (Å²) in [5.41, 5.74) is 3.38. The monoisotopic (exact) mass is 389 g/mol. The molecule has 0 amide bonds. The molecule has 0 atom stereocenters. The second-order valence-electron chi connectivity index (χ2n) is 5.82.